The van der Waals surface area contributed by atoms with Crippen LogP contribution in [-0.2, 0) is 6.42 Å². The minimum Gasteiger partial charge on any atom is -0.508 e. The number of Topliss-reactive ketones (excluding diaryl/α,β-unsaturated/α-hetero) is 1. The third-order valence-electron chi connectivity index (χ3n) is 6.43. The van der Waals surface area contributed by atoms with E-state index in [4.69, 9.17) is 4.98 Å². The molecule has 2 aliphatic rings. The molecule has 2 aromatic carbocycles. The van der Waals surface area contributed by atoms with Gasteiger partial charge in [0, 0.05) is 44.2 Å². The zero-order valence-electron chi connectivity index (χ0n) is 18.0. The second-order valence-electron chi connectivity index (χ2n) is 8.47. The van der Waals surface area contributed by atoms with Gasteiger partial charge in [0.1, 0.15) is 11.6 Å². The molecule has 1 aliphatic carbocycles. The van der Waals surface area contributed by atoms with Crippen molar-refractivity contribution in [1.29, 1.82) is 0 Å². The Hall–Kier alpha value is -3.48. The topological polar surface area (TPSA) is 69.6 Å². The van der Waals surface area contributed by atoms with Gasteiger partial charge in [0.15, 0.2) is 5.78 Å². The maximum absolute atomic E-state index is 13.2. The van der Waals surface area contributed by atoms with Crippen LogP contribution >= 0.6 is 0 Å². The number of phenols is 1. The Balaban J connectivity index is 1.36. The van der Waals surface area contributed by atoms with Gasteiger partial charge in [-0.05, 0) is 49.2 Å². The number of phenolic OH excluding ortho intramolecular Hbond substituents is 1. The number of halogens is 1. The van der Waals surface area contributed by atoms with E-state index in [9.17, 15) is 14.3 Å². The number of anilines is 2. The zero-order valence-corrected chi connectivity index (χ0v) is 18.0. The van der Waals surface area contributed by atoms with Crippen LogP contribution in [0.1, 0.15) is 39.6 Å². The molecule has 0 unspecified atom stereocenters. The van der Waals surface area contributed by atoms with Crippen LogP contribution in [0.2, 0.25) is 0 Å². The lowest BCUT2D eigenvalue weighted by molar-refractivity contribution is 0.0961. The molecular formula is C25H25FN4O2. The van der Waals surface area contributed by atoms with Gasteiger partial charge in [-0.1, -0.05) is 18.2 Å². The molecule has 1 fully saturated rings. The molecule has 3 aromatic rings. The van der Waals surface area contributed by atoms with Crippen molar-refractivity contribution in [3.63, 3.8) is 0 Å². The van der Waals surface area contributed by atoms with E-state index in [1.54, 1.807) is 24.3 Å². The van der Waals surface area contributed by atoms with Gasteiger partial charge < -0.3 is 14.9 Å². The van der Waals surface area contributed by atoms with E-state index in [1.165, 1.54) is 12.1 Å². The number of ketones is 1. The van der Waals surface area contributed by atoms with E-state index >= 15 is 0 Å². The molecule has 2 heterocycles. The molecule has 7 heteroatoms. The van der Waals surface area contributed by atoms with Crippen LogP contribution in [0.25, 0.3) is 0 Å². The predicted molar refractivity (Wildman–Crippen MR) is 121 cm³/mol. The number of hydrogen-bond acceptors (Lipinski definition) is 6. The summed E-state index contributed by atoms with van der Waals surface area (Å²) in [5, 5.41) is 10.3. The molecule has 0 amide bonds. The maximum atomic E-state index is 13.2. The normalized spacial score (nSPS) is 18.6. The van der Waals surface area contributed by atoms with Crippen LogP contribution < -0.4 is 9.80 Å². The number of carbonyl (C=O) groups is 1. The molecule has 0 bridgehead atoms. The highest BCUT2D eigenvalue weighted by atomic mass is 19.1. The Labute approximate surface area is 186 Å². The molecule has 0 spiro atoms. The fraction of sp³-hybridized carbons (Fsp3) is 0.320. The minimum atomic E-state index is -0.234. The standard InChI is InChI=1S/C25H25FN4O2/c1-16-24-21(14-17(15-23(24)32)20-4-2-3-5-22(20)31)28-25(27-16)30-12-10-29(11-13-30)19-8-6-18(26)7-9-19/h2-9,17,31H,10-15H2,1H3/t17-/m1/s1. The lowest BCUT2D eigenvalue weighted by Gasteiger charge is -2.36. The molecule has 1 aliphatic heterocycles. The first-order chi connectivity index (χ1) is 15.5. The van der Waals surface area contributed by atoms with E-state index in [0.717, 1.165) is 43.1 Å². The van der Waals surface area contributed by atoms with E-state index in [-0.39, 0.29) is 23.3 Å². The van der Waals surface area contributed by atoms with Crippen LogP contribution in [-0.4, -0.2) is 47.0 Å². The highest BCUT2D eigenvalue weighted by Gasteiger charge is 2.32. The van der Waals surface area contributed by atoms with Gasteiger partial charge in [-0.2, -0.15) is 0 Å². The molecule has 164 valence electrons. The summed E-state index contributed by atoms with van der Waals surface area (Å²) in [4.78, 5) is 26.7. The Kier molecular flexibility index (Phi) is 5.25. The van der Waals surface area contributed by atoms with Gasteiger partial charge in [0.05, 0.1) is 17.0 Å². The van der Waals surface area contributed by atoms with Crippen LogP contribution in [0.4, 0.5) is 16.0 Å². The number of benzene rings is 2. The number of para-hydroxylation sites is 1. The Morgan fingerprint density at radius 1 is 0.938 bits per heavy atom. The summed E-state index contributed by atoms with van der Waals surface area (Å²) in [5.41, 5.74) is 3.90. The SMILES string of the molecule is Cc1nc(N2CCN(c3ccc(F)cc3)CC2)nc2c1C(=O)C[C@H](c1ccccc1O)C2. The number of fused-ring (bicyclic) bond motifs is 1. The van der Waals surface area contributed by atoms with Crippen LogP contribution in [0.3, 0.4) is 0 Å². The number of nitrogens with zero attached hydrogens (tertiary/aromatic N) is 4. The fourth-order valence-electron chi connectivity index (χ4n) is 4.77. The number of aryl methyl sites for hydroxylation is 1. The number of piperazine rings is 1. The largest absolute Gasteiger partial charge is 0.508 e. The van der Waals surface area contributed by atoms with E-state index in [0.29, 0.717) is 30.0 Å². The first-order valence-electron chi connectivity index (χ1n) is 10.9. The number of aromatic hydroxyl groups is 1. The summed E-state index contributed by atoms with van der Waals surface area (Å²) in [5.74, 6) is 0.572. The summed E-state index contributed by atoms with van der Waals surface area (Å²) < 4.78 is 13.2. The molecule has 5 rings (SSSR count). The van der Waals surface area contributed by atoms with Crippen molar-refractivity contribution in [3.8, 4) is 5.75 Å². The zero-order chi connectivity index (χ0) is 22.2. The van der Waals surface area contributed by atoms with Gasteiger partial charge in [-0.25, -0.2) is 14.4 Å². The van der Waals surface area contributed by atoms with Crippen molar-refractivity contribution in [3.05, 3.63) is 76.9 Å². The third kappa shape index (κ3) is 3.79. The van der Waals surface area contributed by atoms with Crippen molar-refractivity contribution in [1.82, 2.24) is 9.97 Å². The summed E-state index contributed by atoms with van der Waals surface area (Å²) in [7, 11) is 0. The number of hydrogen-bond donors (Lipinski definition) is 1. The fourth-order valence-corrected chi connectivity index (χ4v) is 4.77. The molecule has 1 saturated heterocycles. The molecule has 0 saturated carbocycles. The van der Waals surface area contributed by atoms with Crippen molar-refractivity contribution in [2.24, 2.45) is 0 Å². The van der Waals surface area contributed by atoms with Gasteiger partial charge >= 0.3 is 0 Å². The summed E-state index contributed by atoms with van der Waals surface area (Å²) >= 11 is 0. The lowest BCUT2D eigenvalue weighted by atomic mass is 9.81. The minimum absolute atomic E-state index is 0.0321. The monoisotopic (exact) mass is 432 g/mol. The average molecular weight is 432 g/mol. The number of carbonyl (C=O) groups excluding carboxylic acids is 1. The summed E-state index contributed by atoms with van der Waals surface area (Å²) in [6, 6.07) is 13.8. The highest BCUT2D eigenvalue weighted by Crippen LogP contribution is 2.37. The number of rotatable bonds is 3. The quantitative estimate of drug-likeness (QED) is 0.678. The smallest absolute Gasteiger partial charge is 0.225 e. The van der Waals surface area contributed by atoms with Crippen LogP contribution in [0, 0.1) is 12.7 Å². The summed E-state index contributed by atoms with van der Waals surface area (Å²) in [6.45, 7) is 4.92. The van der Waals surface area contributed by atoms with Gasteiger partial charge in [0.25, 0.3) is 0 Å². The summed E-state index contributed by atoms with van der Waals surface area (Å²) in [6.07, 6.45) is 0.953. The lowest BCUT2D eigenvalue weighted by Crippen LogP contribution is -2.47. The molecule has 6 nitrogen and oxygen atoms in total. The Bertz CT molecular complexity index is 1160. The third-order valence-corrected chi connectivity index (χ3v) is 6.43. The first-order valence-corrected chi connectivity index (χ1v) is 10.9. The molecule has 1 N–H and O–H groups in total. The average Bonchev–Trinajstić information content (AvgIpc) is 2.79. The van der Waals surface area contributed by atoms with E-state index in [1.807, 2.05) is 19.1 Å². The molecule has 32 heavy (non-hydrogen) atoms. The second kappa shape index (κ2) is 8.22. The van der Waals surface area contributed by atoms with Crippen LogP contribution in [0.15, 0.2) is 48.5 Å². The van der Waals surface area contributed by atoms with Crippen molar-refractivity contribution >= 4 is 17.4 Å². The van der Waals surface area contributed by atoms with Crippen molar-refractivity contribution in [2.75, 3.05) is 36.0 Å². The van der Waals surface area contributed by atoms with E-state index in [2.05, 4.69) is 14.8 Å². The molecular weight excluding hydrogens is 407 g/mol. The Morgan fingerprint density at radius 3 is 2.34 bits per heavy atom. The molecule has 1 atom stereocenters. The molecule has 1 aromatic heterocycles. The van der Waals surface area contributed by atoms with Gasteiger partial charge in [-0.15, -0.1) is 0 Å². The Morgan fingerprint density at radius 2 is 1.62 bits per heavy atom. The van der Waals surface area contributed by atoms with Crippen molar-refractivity contribution < 1.29 is 14.3 Å². The predicted octanol–water partition coefficient (Wildman–Crippen LogP) is 3.87. The van der Waals surface area contributed by atoms with E-state index < -0.39 is 0 Å². The van der Waals surface area contributed by atoms with Crippen molar-refractivity contribution in [2.45, 2.75) is 25.7 Å². The second-order valence-corrected chi connectivity index (χ2v) is 8.47. The van der Waals surface area contributed by atoms with Gasteiger partial charge in [0.2, 0.25) is 5.95 Å². The first kappa shape index (κ1) is 20.4. The maximum Gasteiger partial charge on any atom is 0.225 e. The number of aromatic nitrogens is 2. The molecule has 0 radical (unpaired) electrons. The highest BCUT2D eigenvalue weighted by molar-refractivity contribution is 5.99. The van der Waals surface area contributed by atoms with Crippen LogP contribution in [0.5, 0.6) is 5.75 Å². The van der Waals surface area contributed by atoms with Gasteiger partial charge in [-0.3, -0.25) is 4.79 Å².